The zero-order valence-corrected chi connectivity index (χ0v) is 7.69. The summed E-state index contributed by atoms with van der Waals surface area (Å²) < 4.78 is 10.8. The van der Waals surface area contributed by atoms with Gasteiger partial charge in [-0.15, -0.1) is 0 Å². The van der Waals surface area contributed by atoms with Gasteiger partial charge in [0.25, 0.3) is 0 Å². The monoisotopic (exact) mass is 182 g/mol. The van der Waals surface area contributed by atoms with E-state index in [4.69, 9.17) is 14.6 Å². The Kier molecular flexibility index (Phi) is 3.58. The molecule has 0 bridgehead atoms. The zero-order chi connectivity index (χ0) is 9.68. The lowest BCUT2D eigenvalue weighted by atomic mass is 10.3. The molecule has 0 aromatic heterocycles. The molecule has 72 valence electrons. The zero-order valence-electron chi connectivity index (χ0n) is 7.69. The minimum atomic E-state index is -0.269. The van der Waals surface area contributed by atoms with Crippen LogP contribution in [0.2, 0.25) is 0 Å². The summed E-state index contributed by atoms with van der Waals surface area (Å²) in [7, 11) is 0. The summed E-state index contributed by atoms with van der Waals surface area (Å²) in [6.07, 6.45) is 4.90. The molecule has 0 aliphatic carbocycles. The number of ether oxygens (including phenoxy) is 2. The average molecular weight is 182 g/mol. The van der Waals surface area contributed by atoms with Crippen LogP contribution in [0, 0.1) is 0 Å². The van der Waals surface area contributed by atoms with Gasteiger partial charge in [0.1, 0.15) is 6.61 Å². The van der Waals surface area contributed by atoms with Crippen molar-refractivity contribution >= 4 is 0 Å². The summed E-state index contributed by atoms with van der Waals surface area (Å²) in [5, 5.41) is 8.86. The van der Waals surface area contributed by atoms with Crippen LogP contribution >= 0.6 is 0 Å². The van der Waals surface area contributed by atoms with Crippen LogP contribution in [0.15, 0.2) is 36.3 Å². The average Bonchev–Trinajstić information content (AvgIpc) is 2.18. The Bertz CT molecular complexity index is 241. The summed E-state index contributed by atoms with van der Waals surface area (Å²) in [5.41, 5.74) is 0. The Morgan fingerprint density at radius 3 is 2.92 bits per heavy atom. The number of aliphatic hydroxyl groups is 1. The summed E-state index contributed by atoms with van der Waals surface area (Å²) in [5.74, 6) is 1.33. The molecule has 0 amide bonds. The Morgan fingerprint density at radius 2 is 2.38 bits per heavy atom. The number of hydrogen-bond acceptors (Lipinski definition) is 3. The summed E-state index contributed by atoms with van der Waals surface area (Å²) in [6, 6.07) is 0. The highest BCUT2D eigenvalue weighted by atomic mass is 16.6. The lowest BCUT2D eigenvalue weighted by Crippen LogP contribution is -2.29. The highest BCUT2D eigenvalue weighted by Gasteiger charge is 2.21. The molecule has 1 atom stereocenters. The molecular formula is C10H14O3. The van der Waals surface area contributed by atoms with Crippen molar-refractivity contribution in [3.63, 3.8) is 0 Å². The summed E-state index contributed by atoms with van der Waals surface area (Å²) >= 11 is 0. The molecule has 3 nitrogen and oxygen atoms in total. The normalized spacial score (nSPS) is 28.3. The fourth-order valence-electron chi connectivity index (χ4n) is 1.07. The van der Waals surface area contributed by atoms with E-state index in [9.17, 15) is 0 Å². The minimum Gasteiger partial charge on any atom is -0.486 e. The SMILES string of the molecule is C=C/C=C1/O[C@@H](CO)CO/C1=C/C. The van der Waals surface area contributed by atoms with Crippen molar-refractivity contribution in [1.29, 1.82) is 0 Å². The molecular weight excluding hydrogens is 168 g/mol. The van der Waals surface area contributed by atoms with Crippen molar-refractivity contribution in [3.8, 4) is 0 Å². The molecule has 3 heteroatoms. The van der Waals surface area contributed by atoms with Crippen LogP contribution in [0.3, 0.4) is 0 Å². The third-order valence-corrected chi connectivity index (χ3v) is 1.70. The highest BCUT2D eigenvalue weighted by Crippen LogP contribution is 2.21. The first-order valence-corrected chi connectivity index (χ1v) is 4.21. The van der Waals surface area contributed by atoms with Crippen molar-refractivity contribution in [2.75, 3.05) is 13.2 Å². The van der Waals surface area contributed by atoms with Crippen molar-refractivity contribution in [3.05, 3.63) is 36.3 Å². The summed E-state index contributed by atoms with van der Waals surface area (Å²) in [4.78, 5) is 0. The van der Waals surface area contributed by atoms with Crippen molar-refractivity contribution in [2.24, 2.45) is 0 Å². The Hall–Kier alpha value is -1.22. The smallest absolute Gasteiger partial charge is 0.161 e. The van der Waals surface area contributed by atoms with Gasteiger partial charge in [-0.3, -0.25) is 0 Å². The maximum absolute atomic E-state index is 8.86. The maximum Gasteiger partial charge on any atom is 0.161 e. The molecule has 1 aliphatic heterocycles. The van der Waals surface area contributed by atoms with E-state index in [2.05, 4.69) is 6.58 Å². The second-order valence-electron chi connectivity index (χ2n) is 2.65. The van der Waals surface area contributed by atoms with Crippen molar-refractivity contribution in [1.82, 2.24) is 0 Å². The molecule has 13 heavy (non-hydrogen) atoms. The van der Waals surface area contributed by atoms with Gasteiger partial charge in [0.2, 0.25) is 0 Å². The molecule has 1 saturated heterocycles. The van der Waals surface area contributed by atoms with Gasteiger partial charge in [0.05, 0.1) is 6.61 Å². The van der Waals surface area contributed by atoms with E-state index in [0.29, 0.717) is 18.1 Å². The second kappa shape index (κ2) is 4.72. The molecule has 0 unspecified atom stereocenters. The van der Waals surface area contributed by atoms with E-state index in [1.807, 2.05) is 13.0 Å². The van der Waals surface area contributed by atoms with Gasteiger partial charge in [-0.1, -0.05) is 12.7 Å². The number of hydrogen-bond donors (Lipinski definition) is 1. The summed E-state index contributed by atoms with van der Waals surface area (Å²) in [6.45, 7) is 5.80. The van der Waals surface area contributed by atoms with Gasteiger partial charge in [-0.2, -0.15) is 0 Å². The van der Waals surface area contributed by atoms with E-state index >= 15 is 0 Å². The molecule has 0 radical (unpaired) electrons. The third kappa shape index (κ3) is 2.36. The lowest BCUT2D eigenvalue weighted by Gasteiger charge is -2.26. The molecule has 1 rings (SSSR count). The molecule has 1 heterocycles. The predicted octanol–water partition coefficient (Wildman–Crippen LogP) is 1.37. The predicted molar refractivity (Wildman–Crippen MR) is 49.9 cm³/mol. The van der Waals surface area contributed by atoms with Crippen molar-refractivity contribution in [2.45, 2.75) is 13.0 Å². The van der Waals surface area contributed by atoms with E-state index in [0.717, 1.165) is 0 Å². The number of rotatable bonds is 2. The van der Waals surface area contributed by atoms with Gasteiger partial charge in [-0.25, -0.2) is 0 Å². The Balaban J connectivity index is 2.74. The topological polar surface area (TPSA) is 38.7 Å². The molecule has 1 aliphatic rings. The molecule has 1 N–H and O–H groups in total. The van der Waals surface area contributed by atoms with Gasteiger partial charge in [-0.05, 0) is 19.1 Å². The van der Waals surface area contributed by atoms with Crippen molar-refractivity contribution < 1.29 is 14.6 Å². The van der Waals surface area contributed by atoms with Crippen LogP contribution in [0.5, 0.6) is 0 Å². The van der Waals surface area contributed by atoms with Crippen LogP contribution in [-0.2, 0) is 9.47 Å². The largest absolute Gasteiger partial charge is 0.486 e. The molecule has 0 aromatic carbocycles. The van der Waals surface area contributed by atoms with Crippen LogP contribution in [0.4, 0.5) is 0 Å². The first-order valence-electron chi connectivity index (χ1n) is 4.21. The second-order valence-corrected chi connectivity index (χ2v) is 2.65. The quantitative estimate of drug-likeness (QED) is 0.701. The van der Waals surface area contributed by atoms with Gasteiger partial charge < -0.3 is 14.6 Å². The number of allylic oxidation sites excluding steroid dienone is 3. The van der Waals surface area contributed by atoms with E-state index in [1.54, 1.807) is 12.2 Å². The van der Waals surface area contributed by atoms with Gasteiger partial charge in [0.15, 0.2) is 17.6 Å². The maximum atomic E-state index is 8.86. The fraction of sp³-hybridized carbons (Fsp3) is 0.400. The lowest BCUT2D eigenvalue weighted by molar-refractivity contribution is -0.0339. The fourth-order valence-corrected chi connectivity index (χ4v) is 1.07. The standard InChI is InChI=1S/C10H14O3/c1-3-5-10-9(4-2)12-7-8(6-11)13-10/h3-5,8,11H,1,6-7H2,2H3/b9-4+,10-5+/t8-/m0/s1. The van der Waals surface area contributed by atoms with E-state index in [1.165, 1.54) is 0 Å². The van der Waals surface area contributed by atoms with Crippen LogP contribution in [-0.4, -0.2) is 24.4 Å². The molecule has 0 spiro atoms. The van der Waals surface area contributed by atoms with E-state index < -0.39 is 0 Å². The minimum absolute atomic E-state index is 0.0362. The highest BCUT2D eigenvalue weighted by molar-refractivity contribution is 5.24. The first kappa shape index (κ1) is 9.86. The van der Waals surface area contributed by atoms with Gasteiger partial charge >= 0.3 is 0 Å². The molecule has 0 aromatic rings. The van der Waals surface area contributed by atoms with Gasteiger partial charge in [0, 0.05) is 0 Å². The molecule has 1 fully saturated rings. The van der Waals surface area contributed by atoms with Crippen LogP contribution in [0.1, 0.15) is 6.92 Å². The van der Waals surface area contributed by atoms with Crippen LogP contribution in [0.25, 0.3) is 0 Å². The Morgan fingerprint density at radius 1 is 1.62 bits per heavy atom. The molecule has 0 saturated carbocycles. The van der Waals surface area contributed by atoms with Crippen LogP contribution < -0.4 is 0 Å². The third-order valence-electron chi connectivity index (χ3n) is 1.70. The van der Waals surface area contributed by atoms with E-state index in [-0.39, 0.29) is 12.7 Å². The number of aliphatic hydroxyl groups excluding tert-OH is 1. The first-order chi connectivity index (χ1) is 6.31. The Labute approximate surface area is 78.0 Å².